The van der Waals surface area contributed by atoms with E-state index in [9.17, 15) is 0 Å². The number of nitrogens with one attached hydrogen (secondary N) is 1. The smallest absolute Gasteiger partial charge is 0.0486 e. The molecule has 2 rings (SSSR count). The number of rotatable bonds is 2. The molecule has 4 heteroatoms. The molecule has 74 valence electrons. The van der Waals surface area contributed by atoms with Crippen LogP contribution in [-0.2, 0) is 4.74 Å². The van der Waals surface area contributed by atoms with E-state index in [1.54, 1.807) is 0 Å². The summed E-state index contributed by atoms with van der Waals surface area (Å²) in [5.41, 5.74) is 4.59. The van der Waals surface area contributed by atoms with Gasteiger partial charge in [0.05, 0.1) is 0 Å². The zero-order valence-corrected chi connectivity index (χ0v) is 8.61. The molecule has 0 amide bonds. The number of hydrogen-bond donors (Lipinski definition) is 1. The fourth-order valence-electron chi connectivity index (χ4n) is 1.55. The summed E-state index contributed by atoms with van der Waals surface area (Å²) in [7, 11) is 0. The first kappa shape index (κ1) is 9.34. The van der Waals surface area contributed by atoms with E-state index >= 15 is 0 Å². The van der Waals surface area contributed by atoms with Gasteiger partial charge in [-0.3, -0.25) is 0 Å². The monoisotopic (exact) mass is 200 g/mol. The number of nitrogens with zero attached hydrogens (tertiary/aromatic N) is 1. The van der Waals surface area contributed by atoms with E-state index in [1.165, 1.54) is 17.9 Å². The maximum atomic E-state index is 5.28. The Morgan fingerprint density at radius 2 is 2.23 bits per heavy atom. The molecular formula is C9H16N2OS. The van der Waals surface area contributed by atoms with E-state index < -0.39 is 0 Å². The van der Waals surface area contributed by atoms with Gasteiger partial charge in [-0.1, -0.05) is 0 Å². The minimum Gasteiger partial charge on any atom is -0.381 e. The molecule has 0 radical (unpaired) electrons. The molecule has 2 fully saturated rings. The molecule has 0 unspecified atom stereocenters. The molecule has 0 aromatic carbocycles. The predicted molar refractivity (Wildman–Crippen MR) is 56.4 cm³/mol. The average Bonchev–Trinajstić information content (AvgIpc) is 2.69. The van der Waals surface area contributed by atoms with E-state index in [4.69, 9.17) is 4.74 Å². The summed E-state index contributed by atoms with van der Waals surface area (Å²) in [6.45, 7) is 1.77. The Morgan fingerprint density at radius 1 is 1.38 bits per heavy atom. The summed E-state index contributed by atoms with van der Waals surface area (Å²) in [4.78, 5) is 0. The zero-order valence-electron chi connectivity index (χ0n) is 7.79. The van der Waals surface area contributed by atoms with E-state index in [0.717, 1.165) is 31.8 Å². The van der Waals surface area contributed by atoms with Crippen LogP contribution in [0.4, 0.5) is 0 Å². The highest BCUT2D eigenvalue weighted by atomic mass is 32.2. The summed E-state index contributed by atoms with van der Waals surface area (Å²) in [6, 6.07) is 0.548. The van der Waals surface area contributed by atoms with Gasteiger partial charge in [-0.15, -0.1) is 0 Å². The van der Waals surface area contributed by atoms with Gasteiger partial charge in [-0.2, -0.15) is 16.9 Å². The molecule has 13 heavy (non-hydrogen) atoms. The standard InChI is InChI=1S/C9H16N2OS/c1-4-12-5-2-8(1)10-11-9-3-6-13-7-9/h8,10H,1-7H2/b11-9+. The lowest BCUT2D eigenvalue weighted by atomic mass is 10.1. The van der Waals surface area contributed by atoms with Crippen molar-refractivity contribution in [3.8, 4) is 0 Å². The van der Waals surface area contributed by atoms with Crippen molar-refractivity contribution < 1.29 is 4.74 Å². The zero-order chi connectivity index (χ0) is 8.93. The quantitative estimate of drug-likeness (QED) is 0.681. The first-order valence-electron chi connectivity index (χ1n) is 4.91. The topological polar surface area (TPSA) is 33.6 Å². The van der Waals surface area contributed by atoms with Crippen LogP contribution >= 0.6 is 11.8 Å². The highest BCUT2D eigenvalue weighted by Gasteiger charge is 2.13. The van der Waals surface area contributed by atoms with Crippen LogP contribution in [0.25, 0.3) is 0 Å². The van der Waals surface area contributed by atoms with E-state index in [0.29, 0.717) is 6.04 Å². The molecule has 2 aliphatic heterocycles. The number of hydrogen-bond acceptors (Lipinski definition) is 4. The lowest BCUT2D eigenvalue weighted by Gasteiger charge is -2.21. The summed E-state index contributed by atoms with van der Waals surface area (Å²) >= 11 is 1.97. The molecular weight excluding hydrogens is 184 g/mol. The third kappa shape index (κ3) is 2.88. The number of hydrazone groups is 1. The second-order valence-corrected chi connectivity index (χ2v) is 4.60. The molecule has 2 saturated heterocycles. The lowest BCUT2D eigenvalue weighted by molar-refractivity contribution is 0.0783. The van der Waals surface area contributed by atoms with Gasteiger partial charge in [-0.05, 0) is 25.0 Å². The highest BCUT2D eigenvalue weighted by molar-refractivity contribution is 8.00. The molecule has 0 atom stereocenters. The van der Waals surface area contributed by atoms with Crippen LogP contribution in [0.5, 0.6) is 0 Å². The van der Waals surface area contributed by atoms with Gasteiger partial charge < -0.3 is 10.2 Å². The molecule has 0 bridgehead atoms. The summed E-state index contributed by atoms with van der Waals surface area (Å²) in [5.74, 6) is 2.37. The summed E-state index contributed by atoms with van der Waals surface area (Å²) < 4.78 is 5.28. The van der Waals surface area contributed by atoms with Crippen molar-refractivity contribution >= 4 is 17.5 Å². The van der Waals surface area contributed by atoms with Gasteiger partial charge in [0.1, 0.15) is 0 Å². The fourth-order valence-corrected chi connectivity index (χ4v) is 2.52. The van der Waals surface area contributed by atoms with Crippen molar-refractivity contribution in [3.05, 3.63) is 0 Å². The van der Waals surface area contributed by atoms with E-state index in [1.807, 2.05) is 11.8 Å². The van der Waals surface area contributed by atoms with Crippen LogP contribution in [0.1, 0.15) is 19.3 Å². The van der Waals surface area contributed by atoms with Crippen LogP contribution in [-0.4, -0.2) is 36.5 Å². The van der Waals surface area contributed by atoms with E-state index in [2.05, 4.69) is 10.5 Å². The third-order valence-electron chi connectivity index (χ3n) is 2.43. The van der Waals surface area contributed by atoms with Crippen molar-refractivity contribution in [1.29, 1.82) is 0 Å². The SMILES string of the molecule is C1CC(N/N=C2\CCSC2)CCO1. The first-order chi connectivity index (χ1) is 6.45. The molecule has 3 nitrogen and oxygen atoms in total. The van der Waals surface area contributed by atoms with Crippen LogP contribution in [0.2, 0.25) is 0 Å². The van der Waals surface area contributed by atoms with Crippen molar-refractivity contribution in [2.75, 3.05) is 24.7 Å². The Morgan fingerprint density at radius 3 is 2.92 bits per heavy atom. The molecule has 0 spiro atoms. The van der Waals surface area contributed by atoms with Crippen LogP contribution < -0.4 is 5.43 Å². The Labute approximate surface area is 83.3 Å². The lowest BCUT2D eigenvalue weighted by Crippen LogP contribution is -2.32. The minimum absolute atomic E-state index is 0.548. The summed E-state index contributed by atoms with van der Waals surface area (Å²) in [5, 5.41) is 4.44. The molecule has 2 heterocycles. The average molecular weight is 200 g/mol. The van der Waals surface area contributed by atoms with Crippen molar-refractivity contribution in [2.45, 2.75) is 25.3 Å². The van der Waals surface area contributed by atoms with E-state index in [-0.39, 0.29) is 0 Å². The Bertz CT molecular complexity index is 182. The Kier molecular flexibility index (Phi) is 3.49. The molecule has 2 aliphatic rings. The third-order valence-corrected chi connectivity index (χ3v) is 3.46. The van der Waals surface area contributed by atoms with Gasteiger partial charge in [0.15, 0.2) is 0 Å². The van der Waals surface area contributed by atoms with Crippen molar-refractivity contribution in [1.82, 2.24) is 5.43 Å². The van der Waals surface area contributed by atoms with Crippen molar-refractivity contribution in [3.63, 3.8) is 0 Å². The maximum absolute atomic E-state index is 5.28. The van der Waals surface area contributed by atoms with Crippen LogP contribution in [0, 0.1) is 0 Å². The fraction of sp³-hybridized carbons (Fsp3) is 0.889. The molecule has 0 aliphatic carbocycles. The predicted octanol–water partition coefficient (Wildman–Crippen LogP) is 1.25. The molecule has 0 aromatic heterocycles. The Balaban J connectivity index is 1.73. The van der Waals surface area contributed by atoms with Crippen molar-refractivity contribution in [2.24, 2.45) is 5.10 Å². The normalized spacial score (nSPS) is 28.2. The van der Waals surface area contributed by atoms with Gasteiger partial charge >= 0.3 is 0 Å². The van der Waals surface area contributed by atoms with Crippen LogP contribution in [0.15, 0.2) is 5.10 Å². The summed E-state index contributed by atoms with van der Waals surface area (Å²) in [6.07, 6.45) is 3.37. The molecule has 1 N–H and O–H groups in total. The second kappa shape index (κ2) is 4.86. The minimum atomic E-state index is 0.548. The number of ether oxygens (including phenoxy) is 1. The maximum Gasteiger partial charge on any atom is 0.0486 e. The largest absolute Gasteiger partial charge is 0.381 e. The van der Waals surface area contributed by atoms with Gasteiger partial charge in [-0.25, -0.2) is 0 Å². The van der Waals surface area contributed by atoms with Gasteiger partial charge in [0.2, 0.25) is 0 Å². The molecule has 0 aromatic rings. The second-order valence-electron chi connectivity index (χ2n) is 3.50. The van der Waals surface area contributed by atoms with Crippen LogP contribution in [0.3, 0.4) is 0 Å². The first-order valence-corrected chi connectivity index (χ1v) is 6.07. The Hall–Kier alpha value is -0.220. The molecule has 0 saturated carbocycles. The van der Waals surface area contributed by atoms with Gasteiger partial charge in [0, 0.05) is 30.7 Å². The number of thioether (sulfide) groups is 1. The highest BCUT2D eigenvalue weighted by Crippen LogP contribution is 2.14. The van der Waals surface area contributed by atoms with Gasteiger partial charge in [0.25, 0.3) is 0 Å².